The van der Waals surface area contributed by atoms with Crippen LogP contribution < -0.4 is 4.90 Å². The molecule has 1 aromatic rings. The van der Waals surface area contributed by atoms with Crippen LogP contribution in [-0.4, -0.2) is 91.0 Å². The van der Waals surface area contributed by atoms with Crippen LogP contribution in [0.5, 0.6) is 0 Å². The van der Waals surface area contributed by atoms with Gasteiger partial charge in [0.1, 0.15) is 5.82 Å². The molecule has 6 nitrogen and oxygen atoms in total. The molecule has 0 aliphatic carbocycles. The molecule has 2 unspecified atom stereocenters. The second-order valence-electron chi connectivity index (χ2n) is 9.51. The summed E-state index contributed by atoms with van der Waals surface area (Å²) in [4.78, 5) is 27.5. The van der Waals surface area contributed by atoms with Crippen LogP contribution in [0.25, 0.3) is 0 Å². The van der Waals surface area contributed by atoms with Gasteiger partial charge in [-0.15, -0.1) is 0 Å². The summed E-state index contributed by atoms with van der Waals surface area (Å²) < 4.78 is 0. The van der Waals surface area contributed by atoms with E-state index in [9.17, 15) is 4.79 Å². The Morgan fingerprint density at radius 2 is 1.79 bits per heavy atom. The van der Waals surface area contributed by atoms with Gasteiger partial charge in [-0.25, -0.2) is 4.98 Å². The maximum Gasteiger partial charge on any atom is 0.227 e. The molecule has 0 spiro atoms. The molecule has 0 N–H and O–H groups in total. The van der Waals surface area contributed by atoms with E-state index in [0.29, 0.717) is 17.7 Å². The lowest BCUT2D eigenvalue weighted by Gasteiger charge is -2.46. The number of nitrogens with zero attached hydrogens (tertiary/aromatic N) is 5. The number of rotatable bonds is 4. The quantitative estimate of drug-likeness (QED) is 0.775. The summed E-state index contributed by atoms with van der Waals surface area (Å²) in [5, 5.41) is 0. The first-order chi connectivity index (χ1) is 14.3. The molecule has 5 aliphatic rings. The van der Waals surface area contributed by atoms with E-state index in [-0.39, 0.29) is 5.92 Å². The second kappa shape index (κ2) is 8.60. The van der Waals surface area contributed by atoms with Crippen molar-refractivity contribution in [2.75, 3.05) is 70.3 Å². The third-order valence-electron chi connectivity index (χ3n) is 7.67. The van der Waals surface area contributed by atoms with E-state index in [1.165, 1.54) is 38.8 Å². The number of piperidine rings is 4. The first kappa shape index (κ1) is 19.3. The van der Waals surface area contributed by atoms with Crippen molar-refractivity contribution in [3.8, 4) is 0 Å². The Labute approximate surface area is 174 Å². The molecule has 158 valence electrons. The topological polar surface area (TPSA) is 42.9 Å². The Morgan fingerprint density at radius 3 is 2.48 bits per heavy atom. The van der Waals surface area contributed by atoms with Crippen LogP contribution in [0.4, 0.5) is 5.82 Å². The predicted molar refractivity (Wildman–Crippen MR) is 115 cm³/mol. The monoisotopic (exact) mass is 397 g/mol. The molecule has 2 atom stereocenters. The lowest BCUT2D eigenvalue weighted by molar-refractivity contribution is -0.144. The van der Waals surface area contributed by atoms with Crippen LogP contribution in [0, 0.1) is 17.8 Å². The molecule has 5 aliphatic heterocycles. The van der Waals surface area contributed by atoms with E-state index in [0.717, 1.165) is 58.2 Å². The highest BCUT2D eigenvalue weighted by Crippen LogP contribution is 2.34. The van der Waals surface area contributed by atoms with Crippen LogP contribution in [0.3, 0.4) is 0 Å². The Kier molecular flexibility index (Phi) is 5.73. The summed E-state index contributed by atoms with van der Waals surface area (Å²) in [6, 6.07) is 6.15. The number of piperazine rings is 1. The summed E-state index contributed by atoms with van der Waals surface area (Å²) in [6.45, 7) is 10.8. The summed E-state index contributed by atoms with van der Waals surface area (Å²) in [7, 11) is 0. The largest absolute Gasteiger partial charge is 0.354 e. The molecule has 0 aromatic carbocycles. The van der Waals surface area contributed by atoms with Gasteiger partial charge in [0.2, 0.25) is 5.91 Å². The zero-order valence-corrected chi connectivity index (χ0v) is 17.6. The van der Waals surface area contributed by atoms with E-state index in [2.05, 4.69) is 36.7 Å². The molecule has 1 amide bonds. The van der Waals surface area contributed by atoms with Crippen molar-refractivity contribution in [3.05, 3.63) is 24.4 Å². The van der Waals surface area contributed by atoms with E-state index in [4.69, 9.17) is 0 Å². The fourth-order valence-electron chi connectivity index (χ4n) is 5.96. The first-order valence-corrected chi connectivity index (χ1v) is 11.7. The number of aromatic nitrogens is 1. The number of fused-ring (bicyclic) bond motifs is 3. The highest BCUT2D eigenvalue weighted by Gasteiger charge is 2.40. The van der Waals surface area contributed by atoms with Gasteiger partial charge in [0.25, 0.3) is 0 Å². The van der Waals surface area contributed by atoms with Gasteiger partial charge in [-0.1, -0.05) is 6.07 Å². The van der Waals surface area contributed by atoms with Crippen LogP contribution >= 0.6 is 0 Å². The zero-order chi connectivity index (χ0) is 19.6. The number of anilines is 1. The number of pyridine rings is 1. The summed E-state index contributed by atoms with van der Waals surface area (Å²) in [5.74, 6) is 3.11. The van der Waals surface area contributed by atoms with Gasteiger partial charge in [0.15, 0.2) is 0 Å². The van der Waals surface area contributed by atoms with Crippen molar-refractivity contribution in [1.29, 1.82) is 0 Å². The average Bonchev–Trinajstić information content (AvgIpc) is 2.80. The Balaban J connectivity index is 1.12. The van der Waals surface area contributed by atoms with E-state index >= 15 is 0 Å². The van der Waals surface area contributed by atoms with Gasteiger partial charge in [-0.2, -0.15) is 0 Å². The summed E-state index contributed by atoms with van der Waals surface area (Å²) in [5.41, 5.74) is 0. The van der Waals surface area contributed by atoms with Gasteiger partial charge >= 0.3 is 0 Å². The smallest absolute Gasteiger partial charge is 0.227 e. The van der Waals surface area contributed by atoms with Crippen molar-refractivity contribution in [2.24, 2.45) is 17.8 Å². The molecule has 6 heteroatoms. The fraction of sp³-hybridized carbons (Fsp3) is 0.739. The van der Waals surface area contributed by atoms with Gasteiger partial charge in [-0.05, 0) is 62.7 Å². The molecule has 6 rings (SSSR count). The number of hydrogen-bond donors (Lipinski definition) is 0. The maximum absolute atomic E-state index is 13.3. The fourth-order valence-corrected chi connectivity index (χ4v) is 5.96. The predicted octanol–water partition coefficient (Wildman–Crippen LogP) is 1.78. The molecular formula is C23H35N5O. The van der Waals surface area contributed by atoms with Crippen LogP contribution in [-0.2, 0) is 4.79 Å². The minimum Gasteiger partial charge on any atom is -0.354 e. The van der Waals surface area contributed by atoms with Gasteiger partial charge in [0, 0.05) is 58.6 Å². The van der Waals surface area contributed by atoms with Crippen molar-refractivity contribution >= 4 is 11.7 Å². The minimum atomic E-state index is 0.276. The first-order valence-electron chi connectivity index (χ1n) is 11.7. The highest BCUT2D eigenvalue weighted by atomic mass is 16.2. The van der Waals surface area contributed by atoms with Crippen molar-refractivity contribution in [1.82, 2.24) is 19.7 Å². The van der Waals surface area contributed by atoms with Crippen LogP contribution in [0.2, 0.25) is 0 Å². The zero-order valence-electron chi connectivity index (χ0n) is 17.6. The Morgan fingerprint density at radius 1 is 0.966 bits per heavy atom. The average molecular weight is 398 g/mol. The Hall–Kier alpha value is -1.66. The van der Waals surface area contributed by atoms with Crippen molar-refractivity contribution < 1.29 is 4.79 Å². The summed E-state index contributed by atoms with van der Waals surface area (Å²) in [6.07, 6.45) is 6.78. The molecule has 29 heavy (non-hydrogen) atoms. The van der Waals surface area contributed by atoms with Crippen molar-refractivity contribution in [2.45, 2.75) is 25.7 Å². The normalized spacial score (nSPS) is 33.1. The third kappa shape index (κ3) is 4.29. The van der Waals surface area contributed by atoms with Crippen LogP contribution in [0.1, 0.15) is 25.7 Å². The number of carbonyl (C=O) groups excluding carboxylic acids is 1. The number of amides is 1. The molecule has 2 bridgehead atoms. The standard InChI is InChI=1S/C23H35N5O/c29-23(21-18-25-10-6-20(21)7-11-25)28-9-3-4-19(17-28)16-26-12-14-27(15-13-26)22-5-1-2-8-24-22/h1-2,5,8,19-21H,3-4,6-7,9-18H2. The molecular weight excluding hydrogens is 362 g/mol. The van der Waals surface area contributed by atoms with Crippen LogP contribution in [0.15, 0.2) is 24.4 Å². The molecule has 0 saturated carbocycles. The highest BCUT2D eigenvalue weighted by molar-refractivity contribution is 5.79. The minimum absolute atomic E-state index is 0.276. The Bertz CT molecular complexity index is 682. The number of hydrogen-bond acceptors (Lipinski definition) is 5. The lowest BCUT2D eigenvalue weighted by Crippen LogP contribution is -2.55. The van der Waals surface area contributed by atoms with Gasteiger partial charge < -0.3 is 14.7 Å². The molecule has 5 saturated heterocycles. The van der Waals surface area contributed by atoms with Crippen molar-refractivity contribution in [3.63, 3.8) is 0 Å². The van der Waals surface area contributed by atoms with E-state index in [1.54, 1.807) is 0 Å². The van der Waals surface area contributed by atoms with Gasteiger partial charge in [-0.3, -0.25) is 9.69 Å². The SMILES string of the molecule is O=C(C1CN2CCC1CC2)N1CCCC(CN2CCN(c3ccccn3)CC2)C1. The lowest BCUT2D eigenvalue weighted by atomic mass is 9.78. The maximum atomic E-state index is 13.3. The second-order valence-corrected chi connectivity index (χ2v) is 9.51. The molecule has 5 fully saturated rings. The third-order valence-corrected chi connectivity index (χ3v) is 7.67. The summed E-state index contributed by atoms with van der Waals surface area (Å²) >= 11 is 0. The van der Waals surface area contributed by atoms with E-state index < -0.39 is 0 Å². The molecule has 0 radical (unpaired) electrons. The number of likely N-dealkylation sites (tertiary alicyclic amines) is 1. The van der Waals surface area contributed by atoms with Gasteiger partial charge in [0.05, 0.1) is 5.92 Å². The molecule has 6 heterocycles. The number of carbonyl (C=O) groups is 1. The van der Waals surface area contributed by atoms with E-state index in [1.807, 2.05) is 12.3 Å². The molecule has 1 aromatic heterocycles.